The zero-order valence-electron chi connectivity index (χ0n) is 52.6. The number of carboxylic acid groups (broad SMARTS) is 3. The average molecular weight is 1240 g/mol. The number of carboxylic acids is 3. The number of urea groups is 1. The van der Waals surface area contributed by atoms with E-state index in [4.69, 9.17) is 25.2 Å². The number of carbonyl (C=O) groups excluding carboxylic acids is 3. The Morgan fingerprint density at radius 2 is 1.33 bits per heavy atom. The van der Waals surface area contributed by atoms with Gasteiger partial charge >= 0.3 is 23.9 Å². The minimum absolute atomic E-state index is 0.0946. The molecule has 26 heteroatoms. The van der Waals surface area contributed by atoms with Crippen molar-refractivity contribution < 1.29 is 59.4 Å². The number of nitrogens with one attached hydrogen (secondary N) is 6. The van der Waals surface area contributed by atoms with E-state index in [0.717, 1.165) is 68.8 Å². The first-order chi connectivity index (χ1) is 42.8. The molecule has 0 spiro atoms. The van der Waals surface area contributed by atoms with E-state index < -0.39 is 36.0 Å². The van der Waals surface area contributed by atoms with Gasteiger partial charge in [0.15, 0.2) is 0 Å². The number of benzene rings is 2. The quantitative estimate of drug-likeness (QED) is 0.0168. The summed E-state index contributed by atoms with van der Waals surface area (Å²) in [5, 5.41) is 77.8. The van der Waals surface area contributed by atoms with Gasteiger partial charge in [0.25, 0.3) is 0 Å². The smallest absolute Gasteiger partial charge is 0.326 e. The number of nitrogens with zero attached hydrogens (tertiary/aromatic N) is 8. The molecule has 12 N–H and O–H groups in total. The molecule has 3 aromatic rings. The van der Waals surface area contributed by atoms with E-state index >= 15 is 0 Å². The number of anilines is 5. The van der Waals surface area contributed by atoms with Crippen LogP contribution < -0.4 is 41.7 Å². The van der Waals surface area contributed by atoms with E-state index in [1.54, 1.807) is 25.2 Å². The third-order valence-corrected chi connectivity index (χ3v) is 15.2. The van der Waals surface area contributed by atoms with E-state index in [2.05, 4.69) is 63.6 Å². The molecule has 0 bridgehead atoms. The van der Waals surface area contributed by atoms with Gasteiger partial charge in [-0.1, -0.05) is 63.4 Å². The Hall–Kier alpha value is -8.07. The number of rotatable bonds is 45. The van der Waals surface area contributed by atoms with Crippen molar-refractivity contribution in [1.29, 1.82) is 0 Å². The van der Waals surface area contributed by atoms with Gasteiger partial charge in [0.05, 0.1) is 32.2 Å². The van der Waals surface area contributed by atoms with E-state index in [-0.39, 0.29) is 74.0 Å². The SMILES string of the molecule is C/C=C(/O)CN(C)C(Cc1ccc(Nc2nc(NCCCCCCCC(=O)NCCCC[C@H](NC(=O)N[C@H](C=O)CCC(=O)O)C(=O)O)nc(N3CCN(c4ccccc4)CC3)n2)cc1)C[C@@H](/C=C(/O)CN(C)CCNCC(=O)O)/C=C(/O)CN(CC)CC. The molecule has 492 valence electrons. The number of unbranched alkanes of at least 4 members (excludes halogenated alkanes) is 5. The number of aliphatic hydroxyl groups is 3. The van der Waals surface area contributed by atoms with Crippen LogP contribution in [0.4, 0.5) is 34.0 Å². The number of allylic oxidation sites excluding steroid dienone is 3. The second-order valence-corrected chi connectivity index (χ2v) is 22.4. The maximum Gasteiger partial charge on any atom is 0.326 e. The molecule has 0 saturated carbocycles. The summed E-state index contributed by atoms with van der Waals surface area (Å²) in [5.74, 6) is -1.91. The zero-order chi connectivity index (χ0) is 64.9. The van der Waals surface area contributed by atoms with Crippen LogP contribution in [0.5, 0.6) is 0 Å². The molecule has 1 fully saturated rings. The summed E-state index contributed by atoms with van der Waals surface area (Å²) >= 11 is 0. The predicted molar refractivity (Wildman–Crippen MR) is 345 cm³/mol. The van der Waals surface area contributed by atoms with Gasteiger partial charge in [-0.05, 0) is 134 Å². The molecule has 0 radical (unpaired) electrons. The van der Waals surface area contributed by atoms with E-state index in [1.165, 1.54) is 0 Å². The van der Waals surface area contributed by atoms with Crippen LogP contribution in [0.3, 0.4) is 0 Å². The molecule has 1 unspecified atom stereocenters. The van der Waals surface area contributed by atoms with Crippen molar-refractivity contribution in [1.82, 2.24) is 50.9 Å². The van der Waals surface area contributed by atoms with Gasteiger partial charge in [-0.3, -0.25) is 29.1 Å². The first kappa shape index (κ1) is 73.4. The number of para-hydroxylation sites is 1. The van der Waals surface area contributed by atoms with Gasteiger partial charge in [0.1, 0.15) is 29.6 Å². The third-order valence-electron chi connectivity index (χ3n) is 15.2. The summed E-state index contributed by atoms with van der Waals surface area (Å²) in [6, 6.07) is 15.0. The van der Waals surface area contributed by atoms with Gasteiger partial charge in [-0.15, -0.1) is 0 Å². The topological polar surface area (TPSA) is 351 Å². The number of hydrogen-bond donors (Lipinski definition) is 12. The molecule has 1 aliphatic rings. The van der Waals surface area contributed by atoms with Crippen molar-refractivity contribution in [2.45, 2.75) is 122 Å². The molecule has 0 aliphatic carbocycles. The lowest BCUT2D eigenvalue weighted by Gasteiger charge is -2.36. The van der Waals surface area contributed by atoms with E-state index in [0.29, 0.717) is 108 Å². The van der Waals surface area contributed by atoms with Gasteiger partial charge < -0.3 is 77.1 Å². The highest BCUT2D eigenvalue weighted by molar-refractivity contribution is 5.84. The molecule has 89 heavy (non-hydrogen) atoms. The Morgan fingerprint density at radius 3 is 1.98 bits per heavy atom. The first-order valence-corrected chi connectivity index (χ1v) is 31.1. The van der Waals surface area contributed by atoms with Crippen LogP contribution in [-0.2, 0) is 30.4 Å². The fourth-order valence-electron chi connectivity index (χ4n) is 10.1. The number of likely N-dealkylation sites (N-methyl/N-ethyl adjacent to an activating group) is 3. The van der Waals surface area contributed by atoms with Crippen LogP contribution in [0.2, 0.25) is 0 Å². The fourth-order valence-corrected chi connectivity index (χ4v) is 10.1. The number of amides is 3. The summed E-state index contributed by atoms with van der Waals surface area (Å²) < 4.78 is 0. The summed E-state index contributed by atoms with van der Waals surface area (Å²) in [5.41, 5.74) is 2.94. The molecule has 1 saturated heterocycles. The Bertz CT molecular complexity index is 2710. The normalized spacial score (nSPS) is 14.5. The molecule has 26 nitrogen and oxygen atoms in total. The number of aliphatic hydroxyl groups excluding tert-OH is 3. The molecule has 2 aromatic carbocycles. The molecule has 4 atom stereocenters. The predicted octanol–water partition coefficient (Wildman–Crippen LogP) is 6.31. The van der Waals surface area contributed by atoms with Crippen LogP contribution in [0.25, 0.3) is 0 Å². The van der Waals surface area contributed by atoms with E-state index in [1.807, 2.05) is 75.3 Å². The highest BCUT2D eigenvalue weighted by atomic mass is 16.4. The van der Waals surface area contributed by atoms with Gasteiger partial charge in [0, 0.05) is 88.5 Å². The van der Waals surface area contributed by atoms with Gasteiger partial charge in [-0.25, -0.2) is 9.59 Å². The van der Waals surface area contributed by atoms with Crippen LogP contribution in [0.1, 0.15) is 103 Å². The lowest BCUT2D eigenvalue weighted by atomic mass is 9.92. The maximum atomic E-state index is 12.6. The summed E-state index contributed by atoms with van der Waals surface area (Å²) in [6.45, 7) is 13.0. The van der Waals surface area contributed by atoms with E-state index in [9.17, 15) is 49.2 Å². The minimum atomic E-state index is -1.26. The number of aldehydes is 1. The Morgan fingerprint density at radius 1 is 0.674 bits per heavy atom. The largest absolute Gasteiger partial charge is 0.511 e. The summed E-state index contributed by atoms with van der Waals surface area (Å²) in [6.07, 6.45) is 11.8. The third kappa shape index (κ3) is 30.1. The Balaban J connectivity index is 1.37. The second-order valence-electron chi connectivity index (χ2n) is 22.4. The molecular weight excluding hydrogens is 1140 g/mol. The molecule has 2 heterocycles. The number of piperazine rings is 1. The van der Waals surface area contributed by atoms with Crippen molar-refractivity contribution >= 4 is 65.4 Å². The van der Waals surface area contributed by atoms with Gasteiger partial charge in [-0.2, -0.15) is 15.0 Å². The number of aliphatic carboxylic acids is 3. The van der Waals surface area contributed by atoms with Crippen LogP contribution >= 0.6 is 0 Å². The number of aromatic nitrogens is 3. The number of hydrogen-bond acceptors (Lipinski definition) is 20. The maximum absolute atomic E-state index is 12.6. The van der Waals surface area contributed by atoms with Crippen molar-refractivity contribution in [3.8, 4) is 0 Å². The monoisotopic (exact) mass is 1240 g/mol. The van der Waals surface area contributed by atoms with Gasteiger partial charge in [0.2, 0.25) is 23.8 Å². The fraction of sp³-hybridized carbons (Fsp3) is 0.571. The standard InChI is InChI=1S/C63H98N14O12/c1-6-52(79)43-74(5)51(38-47(40-54(81)44-75(7-2)8-3)39-53(80)42-73(4)32-31-64-41-58(85)86)37-46-23-25-48(26-24-46)67-61-70-60(71-62(72-61)77-35-33-76(34-36-77)50-19-13-12-14-20-50)66-30-17-11-9-10-15-22-56(82)65-29-18-16-21-55(59(87)88)69-63(89)68-49(45-78)27-28-57(83)84/h6,12-14,19-20,23-26,39-40,45,47,49,51,55,64,79-81H,7-11,15-18,21-22,27-38,41-44H2,1-5H3,(H,65,82)(H,83,84)(H,85,86)(H,87,88)(H2,68,69,89)(H2,66,67,70,71,72)/b52-6+,53-39+,54-40+/t47-,49-,51?,55-/m0/s1. The number of carbonyl (C=O) groups is 6. The molecule has 1 aliphatic heterocycles. The van der Waals surface area contributed by atoms with Crippen LogP contribution in [0.15, 0.2) is 90.1 Å². The molecule has 4 rings (SSSR count). The zero-order valence-corrected chi connectivity index (χ0v) is 52.6. The lowest BCUT2D eigenvalue weighted by Crippen LogP contribution is -2.49. The Labute approximate surface area is 523 Å². The second kappa shape index (κ2) is 41.2. The summed E-state index contributed by atoms with van der Waals surface area (Å²) in [7, 11) is 3.79. The summed E-state index contributed by atoms with van der Waals surface area (Å²) in [4.78, 5) is 94.7. The van der Waals surface area contributed by atoms with Crippen LogP contribution in [-0.4, -0.2) is 220 Å². The average Bonchev–Trinajstić information content (AvgIpc) is 2.31. The molecular formula is C63H98N14O12. The highest BCUT2D eigenvalue weighted by Gasteiger charge is 2.25. The van der Waals surface area contributed by atoms with Crippen molar-refractivity contribution in [3.63, 3.8) is 0 Å². The van der Waals surface area contributed by atoms with Crippen molar-refractivity contribution in [3.05, 3.63) is 95.7 Å². The Kier molecular flexibility index (Phi) is 34.0. The molecule has 1 aromatic heterocycles. The van der Waals surface area contributed by atoms with Crippen molar-refractivity contribution in [2.75, 3.05) is 126 Å². The van der Waals surface area contributed by atoms with Crippen LogP contribution in [0, 0.1) is 5.92 Å². The molecule has 3 amide bonds. The highest BCUT2D eigenvalue weighted by Crippen LogP contribution is 2.25. The first-order valence-electron chi connectivity index (χ1n) is 31.1. The minimum Gasteiger partial charge on any atom is -0.511 e. The lowest BCUT2D eigenvalue weighted by molar-refractivity contribution is -0.139. The van der Waals surface area contributed by atoms with Crippen molar-refractivity contribution in [2.24, 2.45) is 5.92 Å².